The Morgan fingerprint density at radius 3 is 1.92 bits per heavy atom. The molecule has 0 aromatic heterocycles. The quantitative estimate of drug-likeness (QED) is 0.485. The lowest BCUT2D eigenvalue weighted by Gasteiger charge is -2.15. The maximum absolute atomic E-state index is 10.9. The first kappa shape index (κ1) is 10.4. The maximum atomic E-state index is 10.9. The Hall–Kier alpha value is -1.58. The van der Waals surface area contributed by atoms with E-state index in [2.05, 4.69) is 13.2 Å². The number of nitrogens with zero attached hydrogens (tertiary/aromatic N) is 1. The molecule has 0 aliphatic carbocycles. The van der Waals surface area contributed by atoms with Crippen LogP contribution >= 0.6 is 0 Å². The van der Waals surface area contributed by atoms with E-state index in [1.807, 2.05) is 0 Å². The summed E-state index contributed by atoms with van der Waals surface area (Å²) in [4.78, 5) is 22.2. The zero-order valence-corrected chi connectivity index (χ0v) is 6.69. The summed E-state index contributed by atoms with van der Waals surface area (Å²) in [6.45, 7) is 7.25. The van der Waals surface area contributed by atoms with Crippen molar-refractivity contribution in [3.05, 3.63) is 25.3 Å². The molecule has 0 radical (unpaired) electrons. The molecule has 0 fully saturated rings. The number of aliphatic carboxylic acids is 1. The minimum Gasteiger partial charge on any atom is -0.474 e. The highest BCUT2D eigenvalue weighted by molar-refractivity contribution is 6.31. The van der Waals surface area contributed by atoms with Crippen molar-refractivity contribution >= 4 is 11.9 Å². The van der Waals surface area contributed by atoms with Crippen molar-refractivity contribution < 1.29 is 14.7 Å². The zero-order chi connectivity index (χ0) is 9.56. The SMILES string of the molecule is C=CCN(CC=C)C(=O)C(=O)O. The minimum absolute atomic E-state index is 0.219. The van der Waals surface area contributed by atoms with E-state index >= 15 is 0 Å². The number of hydrogen-bond acceptors (Lipinski definition) is 2. The van der Waals surface area contributed by atoms with Gasteiger partial charge < -0.3 is 10.0 Å². The lowest BCUT2D eigenvalue weighted by atomic mass is 10.4. The van der Waals surface area contributed by atoms with E-state index in [-0.39, 0.29) is 13.1 Å². The number of carboxylic acid groups (broad SMARTS) is 1. The van der Waals surface area contributed by atoms with Crippen LogP contribution in [0.15, 0.2) is 25.3 Å². The first-order chi connectivity index (χ1) is 5.63. The molecule has 66 valence electrons. The molecule has 4 nitrogen and oxygen atoms in total. The lowest BCUT2D eigenvalue weighted by molar-refractivity contribution is -0.155. The molecule has 0 heterocycles. The molecule has 0 aromatic rings. The summed E-state index contributed by atoms with van der Waals surface area (Å²) >= 11 is 0. The van der Waals surface area contributed by atoms with Crippen LogP contribution in [0, 0.1) is 0 Å². The molecule has 0 bridgehead atoms. The number of amides is 1. The monoisotopic (exact) mass is 169 g/mol. The van der Waals surface area contributed by atoms with E-state index in [1.165, 1.54) is 12.2 Å². The Morgan fingerprint density at radius 2 is 1.67 bits per heavy atom. The topological polar surface area (TPSA) is 57.6 Å². The van der Waals surface area contributed by atoms with Gasteiger partial charge in [0, 0.05) is 13.1 Å². The third-order valence-corrected chi connectivity index (χ3v) is 1.17. The number of carbonyl (C=O) groups excluding carboxylic acids is 1. The van der Waals surface area contributed by atoms with Crippen LogP contribution in [0.3, 0.4) is 0 Å². The van der Waals surface area contributed by atoms with E-state index in [1.54, 1.807) is 0 Å². The summed E-state index contributed by atoms with van der Waals surface area (Å²) in [7, 11) is 0. The molecule has 0 aliphatic rings. The molecule has 0 saturated carbocycles. The van der Waals surface area contributed by atoms with Crippen molar-refractivity contribution in [2.45, 2.75) is 0 Å². The fourth-order valence-corrected chi connectivity index (χ4v) is 0.687. The summed E-state index contributed by atoms with van der Waals surface area (Å²) in [5.41, 5.74) is 0. The molecule has 1 amide bonds. The van der Waals surface area contributed by atoms with E-state index in [0.29, 0.717) is 0 Å². The minimum atomic E-state index is -1.46. The third-order valence-electron chi connectivity index (χ3n) is 1.17. The van der Waals surface area contributed by atoms with Crippen LogP contribution in [-0.2, 0) is 9.59 Å². The van der Waals surface area contributed by atoms with Crippen LogP contribution in [-0.4, -0.2) is 35.0 Å². The number of hydrogen-bond donors (Lipinski definition) is 1. The fourth-order valence-electron chi connectivity index (χ4n) is 0.687. The van der Waals surface area contributed by atoms with Gasteiger partial charge in [0.15, 0.2) is 0 Å². The van der Waals surface area contributed by atoms with Crippen molar-refractivity contribution in [3.63, 3.8) is 0 Å². The Labute approximate surface area is 70.8 Å². The summed E-state index contributed by atoms with van der Waals surface area (Å²) in [6.07, 6.45) is 2.93. The molecule has 0 aliphatic heterocycles. The molecule has 1 N–H and O–H groups in total. The predicted octanol–water partition coefficient (Wildman–Crippen LogP) is 0.272. The Kier molecular flexibility index (Phi) is 4.45. The number of carbonyl (C=O) groups is 2. The third kappa shape index (κ3) is 3.01. The highest BCUT2D eigenvalue weighted by Crippen LogP contribution is 1.90. The van der Waals surface area contributed by atoms with Crippen LogP contribution in [0.2, 0.25) is 0 Å². The molecular formula is C8H11NO3. The normalized spacial score (nSPS) is 8.67. The standard InChI is InChI=1S/C8H11NO3/c1-3-5-9(6-4-2)7(10)8(11)12/h3-4H,1-2,5-6H2,(H,11,12). The van der Waals surface area contributed by atoms with Gasteiger partial charge in [0.05, 0.1) is 0 Å². The van der Waals surface area contributed by atoms with Gasteiger partial charge in [-0.25, -0.2) is 4.79 Å². The second kappa shape index (κ2) is 5.12. The summed E-state index contributed by atoms with van der Waals surface area (Å²) in [5, 5.41) is 8.35. The van der Waals surface area contributed by atoms with Gasteiger partial charge in [-0.2, -0.15) is 0 Å². The Balaban J connectivity index is 4.26. The van der Waals surface area contributed by atoms with Crippen LogP contribution in [0.1, 0.15) is 0 Å². The molecule has 0 atom stereocenters. The zero-order valence-electron chi connectivity index (χ0n) is 6.69. The second-order valence-electron chi connectivity index (χ2n) is 2.09. The van der Waals surface area contributed by atoms with Crippen LogP contribution in [0.25, 0.3) is 0 Å². The van der Waals surface area contributed by atoms with Gasteiger partial charge in [0.1, 0.15) is 0 Å². The smallest absolute Gasteiger partial charge is 0.394 e. The van der Waals surface area contributed by atoms with Gasteiger partial charge in [0.25, 0.3) is 0 Å². The van der Waals surface area contributed by atoms with E-state index < -0.39 is 11.9 Å². The van der Waals surface area contributed by atoms with E-state index in [4.69, 9.17) is 5.11 Å². The van der Waals surface area contributed by atoms with Gasteiger partial charge in [-0.05, 0) is 0 Å². The molecule has 0 aromatic carbocycles. The van der Waals surface area contributed by atoms with Gasteiger partial charge >= 0.3 is 11.9 Å². The molecule has 0 rings (SSSR count). The molecule has 0 spiro atoms. The highest BCUT2D eigenvalue weighted by Gasteiger charge is 2.17. The van der Waals surface area contributed by atoms with Crippen molar-refractivity contribution in [2.24, 2.45) is 0 Å². The van der Waals surface area contributed by atoms with Gasteiger partial charge in [-0.15, -0.1) is 13.2 Å². The van der Waals surface area contributed by atoms with Gasteiger partial charge in [-0.1, -0.05) is 12.2 Å². The maximum Gasteiger partial charge on any atom is 0.394 e. The van der Waals surface area contributed by atoms with Crippen LogP contribution < -0.4 is 0 Å². The first-order valence-electron chi connectivity index (χ1n) is 3.37. The second-order valence-corrected chi connectivity index (χ2v) is 2.09. The summed E-state index contributed by atoms with van der Waals surface area (Å²) < 4.78 is 0. The molecule has 0 unspecified atom stereocenters. The lowest BCUT2D eigenvalue weighted by Crippen LogP contribution is -2.36. The molecule has 4 heteroatoms. The molecule has 0 saturated heterocycles. The average Bonchev–Trinajstić information content (AvgIpc) is 2.03. The predicted molar refractivity (Wildman–Crippen MR) is 44.6 cm³/mol. The van der Waals surface area contributed by atoms with E-state index in [0.717, 1.165) is 4.90 Å². The van der Waals surface area contributed by atoms with Crippen molar-refractivity contribution in [2.75, 3.05) is 13.1 Å². The number of rotatable bonds is 4. The van der Waals surface area contributed by atoms with Gasteiger partial charge in [-0.3, -0.25) is 4.79 Å². The highest BCUT2D eigenvalue weighted by atomic mass is 16.4. The molecular weight excluding hydrogens is 158 g/mol. The van der Waals surface area contributed by atoms with Crippen LogP contribution in [0.5, 0.6) is 0 Å². The Bertz CT molecular complexity index is 200. The average molecular weight is 169 g/mol. The fraction of sp³-hybridized carbons (Fsp3) is 0.250. The van der Waals surface area contributed by atoms with Crippen LogP contribution in [0.4, 0.5) is 0 Å². The summed E-state index contributed by atoms with van der Waals surface area (Å²) in [6, 6.07) is 0. The Morgan fingerprint density at radius 1 is 1.25 bits per heavy atom. The summed E-state index contributed by atoms with van der Waals surface area (Å²) in [5.74, 6) is -2.39. The number of carboxylic acids is 1. The molecule has 12 heavy (non-hydrogen) atoms. The van der Waals surface area contributed by atoms with E-state index in [9.17, 15) is 9.59 Å². The van der Waals surface area contributed by atoms with Crippen molar-refractivity contribution in [1.82, 2.24) is 4.90 Å². The van der Waals surface area contributed by atoms with Gasteiger partial charge in [0.2, 0.25) is 0 Å². The van der Waals surface area contributed by atoms with Crippen molar-refractivity contribution in [1.29, 1.82) is 0 Å². The largest absolute Gasteiger partial charge is 0.474 e. The first-order valence-corrected chi connectivity index (χ1v) is 3.37. The van der Waals surface area contributed by atoms with Crippen molar-refractivity contribution in [3.8, 4) is 0 Å².